The largest absolute Gasteiger partial charge is 0.445 e. The van der Waals surface area contributed by atoms with E-state index in [-0.39, 0.29) is 0 Å². The third kappa shape index (κ3) is 10.9. The van der Waals surface area contributed by atoms with Gasteiger partial charge in [0.2, 0.25) is 0 Å². The van der Waals surface area contributed by atoms with Crippen molar-refractivity contribution in [1.29, 1.82) is 0 Å². The minimum absolute atomic E-state index is 0.404. The van der Waals surface area contributed by atoms with E-state index in [0.29, 0.717) is 0 Å². The molecule has 3 nitrogen and oxygen atoms in total. The van der Waals surface area contributed by atoms with Crippen molar-refractivity contribution in [1.82, 2.24) is 0 Å². The van der Waals surface area contributed by atoms with E-state index in [1.54, 1.807) is 6.08 Å². The van der Waals surface area contributed by atoms with E-state index in [2.05, 4.69) is 36.8 Å². The first-order valence-electron chi connectivity index (χ1n) is 6.36. The topological polar surface area (TPSA) is 46.5 Å². The van der Waals surface area contributed by atoms with Crippen molar-refractivity contribution in [3.63, 3.8) is 0 Å². The van der Waals surface area contributed by atoms with Crippen LogP contribution in [-0.2, 0) is 9.53 Å². The normalized spacial score (nSPS) is 12.3. The van der Waals surface area contributed by atoms with Gasteiger partial charge < -0.3 is 9.84 Å². The number of ether oxygens (including phenoxy) is 1. The van der Waals surface area contributed by atoms with E-state index >= 15 is 0 Å². The van der Waals surface area contributed by atoms with Crippen LogP contribution in [0.25, 0.3) is 0 Å². The molecule has 20 heavy (non-hydrogen) atoms. The fraction of sp³-hybridized carbons (Fsp3) is 0.353. The van der Waals surface area contributed by atoms with Crippen LogP contribution in [0.5, 0.6) is 0 Å². The van der Waals surface area contributed by atoms with Crippen LogP contribution >= 0.6 is 0 Å². The number of unbranched alkanes of at least 4 members (excludes halogenated alkanes) is 2. The monoisotopic (exact) mass is 272 g/mol. The summed E-state index contributed by atoms with van der Waals surface area (Å²) in [6.07, 6.45) is 8.09. The molecule has 0 aromatic carbocycles. The van der Waals surface area contributed by atoms with Crippen molar-refractivity contribution < 1.29 is 14.6 Å². The summed E-state index contributed by atoms with van der Waals surface area (Å²) in [5.41, 5.74) is 0. The predicted molar refractivity (Wildman–Crippen MR) is 80.5 cm³/mol. The number of aliphatic hydroxyl groups excluding tert-OH is 1. The molecule has 1 N–H and O–H groups in total. The molecule has 0 spiro atoms. The molecule has 0 saturated heterocycles. The number of rotatable bonds is 7. The number of carbonyl (C=O) groups is 1. The van der Waals surface area contributed by atoms with E-state index in [1.807, 2.05) is 12.2 Å². The van der Waals surface area contributed by atoms with Gasteiger partial charge >= 0.3 is 5.97 Å². The molecule has 0 aliphatic carbocycles. The predicted octanol–water partition coefficient (Wildman–Crippen LogP) is 2.38. The minimum atomic E-state index is -0.897. The summed E-state index contributed by atoms with van der Waals surface area (Å²) in [7, 11) is 0. The van der Waals surface area contributed by atoms with Crippen LogP contribution in [-0.4, -0.2) is 23.3 Å². The van der Waals surface area contributed by atoms with Gasteiger partial charge in [-0.05, 0) is 43.1 Å². The molecule has 2 atom stereocenters. The number of esters is 1. The molecule has 0 heterocycles. The third-order valence-corrected chi connectivity index (χ3v) is 2.10. The summed E-state index contributed by atoms with van der Waals surface area (Å²) in [5, 5.41) is 9.13. The Morgan fingerprint density at radius 1 is 1.30 bits per heavy atom. The zero-order chi connectivity index (χ0) is 15.2. The summed E-state index contributed by atoms with van der Waals surface area (Å²) in [6, 6.07) is 0. The average Bonchev–Trinajstić information content (AvgIpc) is 2.42. The van der Waals surface area contributed by atoms with Gasteiger partial charge in [0.1, 0.15) is 6.10 Å². The Hall–Kier alpha value is -2.23. The van der Waals surface area contributed by atoms with Crippen molar-refractivity contribution in [3.05, 3.63) is 37.5 Å². The molecule has 0 amide bonds. The van der Waals surface area contributed by atoms with Crippen molar-refractivity contribution in [3.8, 4) is 23.7 Å². The Morgan fingerprint density at radius 2 is 2.00 bits per heavy atom. The highest BCUT2D eigenvalue weighted by Crippen LogP contribution is 2.00. The molecule has 0 saturated carbocycles. The lowest BCUT2D eigenvalue weighted by Gasteiger charge is -2.04. The van der Waals surface area contributed by atoms with Gasteiger partial charge in [-0.15, -0.1) is 6.58 Å². The van der Waals surface area contributed by atoms with Crippen LogP contribution in [0.4, 0.5) is 0 Å². The number of hydrogen-bond donors (Lipinski definition) is 1. The first-order chi connectivity index (χ1) is 9.60. The van der Waals surface area contributed by atoms with Crippen LogP contribution in [0.3, 0.4) is 0 Å². The van der Waals surface area contributed by atoms with Gasteiger partial charge in [-0.1, -0.05) is 30.7 Å². The number of allylic oxidation sites excluding steroid dienone is 2. The lowest BCUT2D eigenvalue weighted by atomic mass is 10.2. The SMILES string of the molecule is C=CCCC/C=C\[C@@H](C#CC#C[C@@H](O)C=C)OC(C)=O. The smallest absolute Gasteiger partial charge is 0.304 e. The van der Waals surface area contributed by atoms with E-state index in [1.165, 1.54) is 13.0 Å². The second-order valence-corrected chi connectivity index (χ2v) is 3.90. The van der Waals surface area contributed by atoms with Gasteiger partial charge in [0.15, 0.2) is 6.10 Å². The Balaban J connectivity index is 4.51. The maximum atomic E-state index is 11.0. The van der Waals surface area contributed by atoms with Crippen LogP contribution < -0.4 is 0 Å². The van der Waals surface area contributed by atoms with Crippen LogP contribution in [0, 0.1) is 23.7 Å². The zero-order valence-electron chi connectivity index (χ0n) is 11.8. The summed E-state index contributed by atoms with van der Waals surface area (Å²) < 4.78 is 5.02. The maximum absolute atomic E-state index is 11.0. The molecular weight excluding hydrogens is 252 g/mol. The van der Waals surface area contributed by atoms with Gasteiger partial charge in [-0.3, -0.25) is 4.79 Å². The molecule has 0 aromatic heterocycles. The van der Waals surface area contributed by atoms with Crippen molar-refractivity contribution in [2.45, 2.75) is 38.4 Å². The maximum Gasteiger partial charge on any atom is 0.304 e. The molecular formula is C17H20O3. The molecule has 3 heteroatoms. The lowest BCUT2D eigenvalue weighted by Crippen LogP contribution is -2.11. The Labute approximate surface area is 121 Å². The molecule has 0 rings (SSSR count). The number of aliphatic hydroxyl groups is 1. The van der Waals surface area contributed by atoms with Gasteiger partial charge in [-0.25, -0.2) is 0 Å². The second kappa shape index (κ2) is 11.8. The highest BCUT2D eigenvalue weighted by atomic mass is 16.5. The van der Waals surface area contributed by atoms with Gasteiger partial charge in [0.25, 0.3) is 0 Å². The van der Waals surface area contributed by atoms with E-state index in [9.17, 15) is 4.79 Å². The molecule has 0 radical (unpaired) electrons. The molecule has 0 aromatic rings. The molecule has 0 unspecified atom stereocenters. The molecule has 0 bridgehead atoms. The highest BCUT2D eigenvalue weighted by Gasteiger charge is 2.02. The van der Waals surface area contributed by atoms with Crippen molar-refractivity contribution >= 4 is 5.97 Å². The minimum Gasteiger partial charge on any atom is -0.445 e. The Kier molecular flexibility index (Phi) is 10.5. The zero-order valence-corrected chi connectivity index (χ0v) is 11.8. The van der Waals surface area contributed by atoms with Gasteiger partial charge in [-0.2, -0.15) is 0 Å². The number of hydrogen-bond acceptors (Lipinski definition) is 3. The standard InChI is InChI=1S/C17H20O3/c1-4-6-7-8-9-13-17(20-15(3)18)14-11-10-12-16(19)5-2/h4-5,9,13,16-17,19H,1-2,6-8H2,3H3/b13-9-/t16-,17-/m0/s1. The molecule has 106 valence electrons. The summed E-state index contributed by atoms with van der Waals surface area (Å²) in [6.45, 7) is 8.36. The van der Waals surface area contributed by atoms with Crippen LogP contribution in [0.15, 0.2) is 37.5 Å². The summed E-state index contributed by atoms with van der Waals surface area (Å²) >= 11 is 0. The molecule has 0 aliphatic heterocycles. The summed E-state index contributed by atoms with van der Waals surface area (Å²) in [5.74, 6) is 9.79. The van der Waals surface area contributed by atoms with Gasteiger partial charge in [0, 0.05) is 6.92 Å². The Morgan fingerprint density at radius 3 is 2.60 bits per heavy atom. The molecule has 0 aliphatic rings. The van der Waals surface area contributed by atoms with E-state index in [4.69, 9.17) is 9.84 Å². The van der Waals surface area contributed by atoms with E-state index in [0.717, 1.165) is 19.3 Å². The van der Waals surface area contributed by atoms with E-state index < -0.39 is 18.2 Å². The lowest BCUT2D eigenvalue weighted by molar-refractivity contribution is -0.142. The quantitative estimate of drug-likeness (QED) is 0.335. The summed E-state index contributed by atoms with van der Waals surface area (Å²) in [4.78, 5) is 11.0. The Bertz CT molecular complexity index is 466. The van der Waals surface area contributed by atoms with Crippen molar-refractivity contribution in [2.24, 2.45) is 0 Å². The average molecular weight is 272 g/mol. The van der Waals surface area contributed by atoms with Crippen LogP contribution in [0.2, 0.25) is 0 Å². The highest BCUT2D eigenvalue weighted by molar-refractivity contribution is 5.66. The third-order valence-electron chi connectivity index (χ3n) is 2.10. The first kappa shape index (κ1) is 17.8. The van der Waals surface area contributed by atoms with Gasteiger partial charge in [0.05, 0.1) is 0 Å². The first-order valence-corrected chi connectivity index (χ1v) is 6.36. The fourth-order valence-corrected chi connectivity index (χ4v) is 1.17. The fourth-order valence-electron chi connectivity index (χ4n) is 1.17. The van der Waals surface area contributed by atoms with Crippen LogP contribution in [0.1, 0.15) is 26.2 Å². The second-order valence-electron chi connectivity index (χ2n) is 3.90. The van der Waals surface area contributed by atoms with Crippen molar-refractivity contribution in [2.75, 3.05) is 0 Å². The number of carbonyl (C=O) groups excluding carboxylic acids is 1. The molecule has 0 fully saturated rings.